The minimum Gasteiger partial charge on any atom is -0.497 e. The molecular weight excluding hydrogens is 458 g/mol. The molecule has 0 heterocycles. The average molecular weight is 492 g/mol. The Balaban J connectivity index is 2.37. The smallest absolute Gasteiger partial charge is 0.244 e. The molecule has 0 aliphatic rings. The summed E-state index contributed by atoms with van der Waals surface area (Å²) < 4.78 is 36.6. The van der Waals surface area contributed by atoms with Gasteiger partial charge in [0.1, 0.15) is 24.1 Å². The second kappa shape index (κ2) is 12.3. The quantitative estimate of drug-likeness (QED) is 0.489. The highest BCUT2D eigenvalue weighted by Gasteiger charge is 2.30. The Hall–Kier alpha value is -3.27. The van der Waals surface area contributed by atoms with Gasteiger partial charge in [-0.2, -0.15) is 0 Å². The van der Waals surface area contributed by atoms with Crippen molar-refractivity contribution in [2.45, 2.75) is 32.9 Å². The van der Waals surface area contributed by atoms with Crippen molar-refractivity contribution in [2.24, 2.45) is 0 Å². The molecule has 0 aliphatic carbocycles. The Morgan fingerprint density at radius 1 is 1.03 bits per heavy atom. The highest BCUT2D eigenvalue weighted by Crippen LogP contribution is 2.24. The molecule has 0 saturated heterocycles. The van der Waals surface area contributed by atoms with Crippen molar-refractivity contribution in [3.63, 3.8) is 0 Å². The van der Waals surface area contributed by atoms with Crippen molar-refractivity contribution in [3.05, 3.63) is 54.1 Å². The number of hydrogen-bond acceptors (Lipinski definition) is 6. The van der Waals surface area contributed by atoms with Crippen LogP contribution in [0, 0.1) is 0 Å². The molecule has 10 heteroatoms. The van der Waals surface area contributed by atoms with Crippen LogP contribution >= 0.6 is 0 Å². The van der Waals surface area contributed by atoms with Gasteiger partial charge in [-0.15, -0.1) is 0 Å². The predicted octanol–water partition coefficient (Wildman–Crippen LogP) is 2.41. The van der Waals surface area contributed by atoms with E-state index in [2.05, 4.69) is 5.32 Å². The molecular formula is C24H33N3O6S. The zero-order valence-corrected chi connectivity index (χ0v) is 21.1. The molecule has 1 atom stereocenters. The first-order valence-electron chi connectivity index (χ1n) is 10.9. The fraction of sp³-hybridized carbons (Fsp3) is 0.417. The van der Waals surface area contributed by atoms with Gasteiger partial charge in [-0.1, -0.05) is 25.1 Å². The molecule has 0 spiro atoms. The molecule has 186 valence electrons. The van der Waals surface area contributed by atoms with Crippen LogP contribution in [0.5, 0.6) is 11.5 Å². The number of anilines is 1. The number of ether oxygens (including phenoxy) is 2. The van der Waals surface area contributed by atoms with Gasteiger partial charge in [0.15, 0.2) is 0 Å². The zero-order valence-electron chi connectivity index (χ0n) is 20.3. The first kappa shape index (κ1) is 27.0. The van der Waals surface area contributed by atoms with E-state index in [1.807, 2.05) is 6.92 Å². The number of nitrogens with one attached hydrogen (secondary N) is 1. The van der Waals surface area contributed by atoms with Gasteiger partial charge in [0.25, 0.3) is 0 Å². The van der Waals surface area contributed by atoms with Crippen molar-refractivity contribution in [3.8, 4) is 11.5 Å². The highest BCUT2D eigenvalue weighted by molar-refractivity contribution is 7.92. The van der Waals surface area contributed by atoms with E-state index in [-0.39, 0.29) is 12.5 Å². The number of benzene rings is 2. The van der Waals surface area contributed by atoms with E-state index in [9.17, 15) is 18.0 Å². The number of amides is 2. The molecule has 0 bridgehead atoms. The second-order valence-electron chi connectivity index (χ2n) is 7.81. The summed E-state index contributed by atoms with van der Waals surface area (Å²) in [5.41, 5.74) is 1.07. The van der Waals surface area contributed by atoms with Crippen LogP contribution in [0.15, 0.2) is 48.5 Å². The molecule has 0 radical (unpaired) electrons. The lowest BCUT2D eigenvalue weighted by Crippen LogP contribution is -2.51. The van der Waals surface area contributed by atoms with Gasteiger partial charge in [0.05, 0.1) is 26.2 Å². The number of carbonyl (C=O) groups excluding carboxylic acids is 2. The Labute approximate surface area is 201 Å². The summed E-state index contributed by atoms with van der Waals surface area (Å²) in [4.78, 5) is 27.5. The van der Waals surface area contributed by atoms with E-state index in [4.69, 9.17) is 9.47 Å². The molecule has 2 amide bonds. The van der Waals surface area contributed by atoms with Gasteiger partial charge in [0, 0.05) is 19.2 Å². The third-order valence-electron chi connectivity index (χ3n) is 5.25. The van der Waals surface area contributed by atoms with Crippen LogP contribution in [-0.4, -0.2) is 64.7 Å². The molecule has 2 rings (SSSR count). The number of carbonyl (C=O) groups is 2. The molecule has 2 aromatic rings. The predicted molar refractivity (Wildman–Crippen MR) is 131 cm³/mol. The maximum Gasteiger partial charge on any atom is 0.244 e. The molecule has 0 saturated carbocycles. The number of methoxy groups -OCH3 is 2. The SMILES string of the molecule is CCCNC(=O)C(C)N(Cc1ccc(OC)cc1)C(=O)CN(c1cccc(OC)c1)S(C)(=O)=O. The van der Waals surface area contributed by atoms with Gasteiger partial charge >= 0.3 is 0 Å². The van der Waals surface area contributed by atoms with Crippen LogP contribution in [0.4, 0.5) is 5.69 Å². The van der Waals surface area contributed by atoms with Crippen LogP contribution in [0.1, 0.15) is 25.8 Å². The van der Waals surface area contributed by atoms with E-state index in [1.54, 1.807) is 62.6 Å². The summed E-state index contributed by atoms with van der Waals surface area (Å²) in [5.74, 6) is 0.303. The van der Waals surface area contributed by atoms with Crippen LogP contribution in [0.3, 0.4) is 0 Å². The van der Waals surface area contributed by atoms with Crippen LogP contribution in [-0.2, 0) is 26.2 Å². The summed E-state index contributed by atoms with van der Waals surface area (Å²) in [5, 5.41) is 2.80. The van der Waals surface area contributed by atoms with Crippen molar-refractivity contribution in [1.29, 1.82) is 0 Å². The van der Waals surface area contributed by atoms with Crippen molar-refractivity contribution >= 4 is 27.5 Å². The van der Waals surface area contributed by atoms with E-state index < -0.39 is 28.5 Å². The Morgan fingerprint density at radius 2 is 1.68 bits per heavy atom. The Morgan fingerprint density at radius 3 is 2.24 bits per heavy atom. The van der Waals surface area contributed by atoms with Gasteiger partial charge < -0.3 is 19.7 Å². The van der Waals surface area contributed by atoms with Crippen LogP contribution < -0.4 is 19.1 Å². The van der Waals surface area contributed by atoms with E-state index in [0.717, 1.165) is 22.5 Å². The maximum atomic E-state index is 13.5. The first-order valence-corrected chi connectivity index (χ1v) is 12.8. The van der Waals surface area contributed by atoms with Gasteiger partial charge in [-0.05, 0) is 43.2 Å². The highest BCUT2D eigenvalue weighted by atomic mass is 32.2. The summed E-state index contributed by atoms with van der Waals surface area (Å²) in [6.45, 7) is 3.70. The monoisotopic (exact) mass is 491 g/mol. The van der Waals surface area contributed by atoms with E-state index >= 15 is 0 Å². The number of sulfonamides is 1. The van der Waals surface area contributed by atoms with Crippen LogP contribution in [0.25, 0.3) is 0 Å². The van der Waals surface area contributed by atoms with E-state index in [0.29, 0.717) is 23.7 Å². The van der Waals surface area contributed by atoms with Gasteiger partial charge in [0.2, 0.25) is 21.8 Å². The summed E-state index contributed by atoms with van der Waals surface area (Å²) in [6.07, 6.45) is 1.79. The second-order valence-corrected chi connectivity index (χ2v) is 9.71. The largest absolute Gasteiger partial charge is 0.497 e. The molecule has 1 unspecified atom stereocenters. The average Bonchev–Trinajstić information content (AvgIpc) is 2.83. The lowest BCUT2D eigenvalue weighted by Gasteiger charge is -2.31. The zero-order chi connectivity index (χ0) is 25.3. The topological polar surface area (TPSA) is 105 Å². The maximum absolute atomic E-state index is 13.5. The fourth-order valence-electron chi connectivity index (χ4n) is 3.29. The lowest BCUT2D eigenvalue weighted by molar-refractivity contribution is -0.139. The summed E-state index contributed by atoms with van der Waals surface area (Å²) >= 11 is 0. The third-order valence-corrected chi connectivity index (χ3v) is 6.39. The minimum absolute atomic E-state index is 0.124. The molecule has 0 aliphatic heterocycles. The fourth-order valence-corrected chi connectivity index (χ4v) is 4.13. The minimum atomic E-state index is -3.80. The van der Waals surface area contributed by atoms with Crippen molar-refractivity contribution in [2.75, 3.05) is 37.9 Å². The number of nitrogens with zero attached hydrogens (tertiary/aromatic N) is 2. The third kappa shape index (κ3) is 7.38. The molecule has 9 nitrogen and oxygen atoms in total. The molecule has 2 aromatic carbocycles. The standard InChI is InChI=1S/C24H33N3O6S/c1-6-14-25-24(29)18(2)26(16-19-10-12-21(32-3)13-11-19)23(28)17-27(34(5,30)31)20-8-7-9-22(15-20)33-4/h7-13,15,18H,6,14,16-17H2,1-5H3,(H,25,29). The normalized spacial score (nSPS) is 11.9. The molecule has 0 fully saturated rings. The molecule has 34 heavy (non-hydrogen) atoms. The van der Waals surface area contributed by atoms with Crippen molar-refractivity contribution < 1.29 is 27.5 Å². The summed E-state index contributed by atoms with van der Waals surface area (Å²) in [6, 6.07) is 12.8. The van der Waals surface area contributed by atoms with Crippen LogP contribution in [0.2, 0.25) is 0 Å². The molecule has 1 N–H and O–H groups in total. The lowest BCUT2D eigenvalue weighted by atomic mass is 10.1. The number of hydrogen-bond donors (Lipinski definition) is 1. The van der Waals surface area contributed by atoms with E-state index in [1.165, 1.54) is 12.0 Å². The Kier molecular flexibility index (Phi) is 9.73. The number of rotatable bonds is 12. The Bertz CT molecular complexity index is 1070. The first-order chi connectivity index (χ1) is 16.1. The van der Waals surface area contributed by atoms with Gasteiger partial charge in [-0.25, -0.2) is 8.42 Å². The summed E-state index contributed by atoms with van der Waals surface area (Å²) in [7, 11) is -0.767. The van der Waals surface area contributed by atoms with Crippen molar-refractivity contribution in [1.82, 2.24) is 10.2 Å². The van der Waals surface area contributed by atoms with Gasteiger partial charge in [-0.3, -0.25) is 13.9 Å². The molecule has 0 aromatic heterocycles.